The number of benzene rings is 2. The van der Waals surface area contributed by atoms with E-state index >= 15 is 0 Å². The van der Waals surface area contributed by atoms with E-state index in [1.54, 1.807) is 6.08 Å². The molecule has 3 heteroatoms. The maximum Gasteiger partial charge on any atom is 0.246 e. The highest BCUT2D eigenvalue weighted by atomic mass is 16.5. The Morgan fingerprint density at radius 2 is 1.96 bits per heavy atom. The number of rotatable bonds is 4. The highest BCUT2D eigenvalue weighted by Crippen LogP contribution is 2.44. The first-order chi connectivity index (χ1) is 13.1. The first-order valence-corrected chi connectivity index (χ1v) is 9.81. The topological polar surface area (TPSA) is 29.5 Å². The Balaban J connectivity index is 1.53. The minimum Gasteiger partial charge on any atom is -0.489 e. The van der Waals surface area contributed by atoms with Crippen molar-refractivity contribution in [1.29, 1.82) is 0 Å². The molecule has 2 aromatic carbocycles. The number of carbonyl (C=O) groups is 1. The molecule has 2 aliphatic rings. The summed E-state index contributed by atoms with van der Waals surface area (Å²) in [5.74, 6) is 1.47. The summed E-state index contributed by atoms with van der Waals surface area (Å²) in [7, 11) is 0. The van der Waals surface area contributed by atoms with Gasteiger partial charge in [0.15, 0.2) is 0 Å². The molecule has 0 aromatic heterocycles. The van der Waals surface area contributed by atoms with Crippen molar-refractivity contribution >= 4 is 5.91 Å². The molecule has 2 aliphatic heterocycles. The van der Waals surface area contributed by atoms with Crippen LogP contribution in [0.2, 0.25) is 0 Å². The van der Waals surface area contributed by atoms with Crippen molar-refractivity contribution in [2.75, 3.05) is 6.54 Å². The van der Waals surface area contributed by atoms with Crippen LogP contribution < -0.4 is 4.74 Å². The van der Waals surface area contributed by atoms with Gasteiger partial charge in [-0.05, 0) is 53.5 Å². The number of ether oxygens (including phenoxy) is 1. The lowest BCUT2D eigenvalue weighted by Gasteiger charge is -2.50. The number of amides is 1. The Morgan fingerprint density at radius 1 is 1.15 bits per heavy atom. The molecule has 3 atom stereocenters. The molecule has 0 unspecified atom stereocenters. The van der Waals surface area contributed by atoms with Crippen LogP contribution in [0.15, 0.2) is 66.7 Å². The fourth-order valence-corrected chi connectivity index (χ4v) is 4.43. The molecular weight excluding hydrogens is 334 g/mol. The summed E-state index contributed by atoms with van der Waals surface area (Å²) in [5, 5.41) is 0. The third-order valence-corrected chi connectivity index (χ3v) is 6.35. The molecule has 1 fully saturated rings. The Labute approximate surface area is 161 Å². The van der Waals surface area contributed by atoms with Gasteiger partial charge < -0.3 is 9.64 Å². The van der Waals surface area contributed by atoms with Crippen LogP contribution in [0.25, 0.3) is 0 Å². The summed E-state index contributed by atoms with van der Waals surface area (Å²) in [6, 6.07) is 19.1. The van der Waals surface area contributed by atoms with Crippen molar-refractivity contribution in [3.8, 4) is 5.75 Å². The summed E-state index contributed by atoms with van der Waals surface area (Å²) >= 11 is 0. The molecule has 0 saturated carbocycles. The molecule has 0 radical (unpaired) electrons. The Kier molecular flexibility index (Phi) is 4.77. The summed E-state index contributed by atoms with van der Waals surface area (Å²) < 4.78 is 6.05. The van der Waals surface area contributed by atoms with E-state index in [2.05, 4.69) is 49.1 Å². The van der Waals surface area contributed by atoms with Gasteiger partial charge in [0.05, 0.1) is 0 Å². The average Bonchev–Trinajstić information content (AvgIpc) is 2.69. The number of fused-ring (bicyclic) bond motifs is 1. The lowest BCUT2D eigenvalue weighted by atomic mass is 9.65. The highest BCUT2D eigenvalue weighted by Gasteiger charge is 2.44. The van der Waals surface area contributed by atoms with Crippen LogP contribution in [0.3, 0.4) is 0 Å². The van der Waals surface area contributed by atoms with Crippen LogP contribution in [-0.4, -0.2) is 23.4 Å². The van der Waals surface area contributed by atoms with Gasteiger partial charge in [-0.15, -0.1) is 0 Å². The van der Waals surface area contributed by atoms with Gasteiger partial charge in [-0.2, -0.15) is 0 Å². The third-order valence-electron chi connectivity index (χ3n) is 6.35. The molecule has 0 aliphatic carbocycles. The predicted molar refractivity (Wildman–Crippen MR) is 108 cm³/mol. The molecule has 27 heavy (non-hydrogen) atoms. The van der Waals surface area contributed by atoms with E-state index in [1.165, 1.54) is 11.1 Å². The van der Waals surface area contributed by atoms with E-state index in [1.807, 2.05) is 30.3 Å². The van der Waals surface area contributed by atoms with Crippen LogP contribution in [0, 0.1) is 5.92 Å². The number of hydrogen-bond donors (Lipinski definition) is 0. The SMILES string of the molecule is C[C@H]1CN2C(=O)C=CC[C@@H]2C[C@@]1(C)c1cccc(OCc2ccccc2)c1. The normalized spacial score (nSPS) is 27.3. The Bertz CT molecular complexity index is 844. The average molecular weight is 361 g/mol. The first kappa shape index (κ1) is 17.8. The van der Waals surface area contributed by atoms with Gasteiger partial charge in [-0.25, -0.2) is 0 Å². The van der Waals surface area contributed by atoms with Gasteiger partial charge in [0.1, 0.15) is 12.4 Å². The van der Waals surface area contributed by atoms with Gasteiger partial charge in [-0.3, -0.25) is 4.79 Å². The summed E-state index contributed by atoms with van der Waals surface area (Å²) in [4.78, 5) is 14.3. The molecule has 2 heterocycles. The predicted octanol–water partition coefficient (Wildman–Crippen LogP) is 4.72. The number of carbonyl (C=O) groups excluding carboxylic acids is 1. The zero-order chi connectivity index (χ0) is 18.9. The molecule has 1 saturated heterocycles. The minimum absolute atomic E-state index is 0.0404. The highest BCUT2D eigenvalue weighted by molar-refractivity contribution is 5.88. The molecule has 0 N–H and O–H groups in total. The van der Waals surface area contributed by atoms with E-state index < -0.39 is 0 Å². The van der Waals surface area contributed by atoms with Crippen LogP contribution in [0.4, 0.5) is 0 Å². The summed E-state index contributed by atoms with van der Waals surface area (Å²) in [5.41, 5.74) is 2.52. The van der Waals surface area contributed by atoms with Gasteiger partial charge in [0.2, 0.25) is 5.91 Å². The largest absolute Gasteiger partial charge is 0.489 e. The number of nitrogens with zero attached hydrogens (tertiary/aromatic N) is 1. The van der Waals surface area contributed by atoms with Crippen molar-refractivity contribution in [2.24, 2.45) is 5.92 Å². The lowest BCUT2D eigenvalue weighted by Crippen LogP contribution is -2.55. The molecule has 4 rings (SSSR count). The second-order valence-corrected chi connectivity index (χ2v) is 8.11. The molecular formula is C24H27NO2. The van der Waals surface area contributed by atoms with Crippen molar-refractivity contribution in [3.05, 3.63) is 77.9 Å². The lowest BCUT2D eigenvalue weighted by molar-refractivity contribution is -0.133. The van der Waals surface area contributed by atoms with Gasteiger partial charge in [0.25, 0.3) is 0 Å². The van der Waals surface area contributed by atoms with Crippen molar-refractivity contribution in [1.82, 2.24) is 4.90 Å². The van der Waals surface area contributed by atoms with E-state index in [0.717, 1.165) is 25.1 Å². The van der Waals surface area contributed by atoms with E-state index in [4.69, 9.17) is 4.74 Å². The summed E-state index contributed by atoms with van der Waals surface area (Å²) in [6.45, 7) is 6.00. The van der Waals surface area contributed by atoms with Crippen molar-refractivity contribution in [3.63, 3.8) is 0 Å². The van der Waals surface area contributed by atoms with Gasteiger partial charge >= 0.3 is 0 Å². The van der Waals surface area contributed by atoms with Gasteiger partial charge in [-0.1, -0.05) is 62.4 Å². The molecule has 0 bridgehead atoms. The second-order valence-electron chi connectivity index (χ2n) is 8.11. The number of hydrogen-bond acceptors (Lipinski definition) is 2. The molecule has 2 aromatic rings. The van der Waals surface area contributed by atoms with Crippen molar-refractivity contribution < 1.29 is 9.53 Å². The minimum atomic E-state index is 0.0404. The quantitative estimate of drug-likeness (QED) is 0.788. The molecule has 1 amide bonds. The third kappa shape index (κ3) is 3.51. The zero-order valence-corrected chi connectivity index (χ0v) is 16.1. The Morgan fingerprint density at radius 3 is 2.78 bits per heavy atom. The Hall–Kier alpha value is -2.55. The molecule has 0 spiro atoms. The van der Waals surface area contributed by atoms with Crippen LogP contribution in [0.5, 0.6) is 5.75 Å². The van der Waals surface area contributed by atoms with Crippen LogP contribution in [-0.2, 0) is 16.8 Å². The van der Waals surface area contributed by atoms with Crippen molar-refractivity contribution in [2.45, 2.75) is 44.8 Å². The first-order valence-electron chi connectivity index (χ1n) is 9.81. The smallest absolute Gasteiger partial charge is 0.246 e. The van der Waals surface area contributed by atoms with E-state index in [9.17, 15) is 4.79 Å². The summed E-state index contributed by atoms with van der Waals surface area (Å²) in [6.07, 6.45) is 5.70. The van der Waals surface area contributed by atoms with E-state index in [0.29, 0.717) is 18.6 Å². The zero-order valence-electron chi connectivity index (χ0n) is 16.1. The monoisotopic (exact) mass is 361 g/mol. The second kappa shape index (κ2) is 7.22. The molecule has 140 valence electrons. The van der Waals surface area contributed by atoms with Crippen LogP contribution >= 0.6 is 0 Å². The maximum absolute atomic E-state index is 12.2. The van der Waals surface area contributed by atoms with Gasteiger partial charge in [0, 0.05) is 12.6 Å². The fourth-order valence-electron chi connectivity index (χ4n) is 4.43. The number of piperidine rings is 1. The maximum atomic E-state index is 12.2. The molecule has 3 nitrogen and oxygen atoms in total. The fraction of sp³-hybridized carbons (Fsp3) is 0.375. The van der Waals surface area contributed by atoms with Crippen LogP contribution in [0.1, 0.15) is 37.8 Å². The van der Waals surface area contributed by atoms with E-state index in [-0.39, 0.29) is 11.3 Å². The standard InChI is InChI=1S/C24H27NO2/c1-18-16-25-21(11-7-13-23(25)26)15-24(18,2)20-10-6-12-22(14-20)27-17-19-8-4-3-5-9-19/h3-10,12-14,18,21H,11,15-17H2,1-2H3/t18-,21+,24+/m0/s1.